The van der Waals surface area contributed by atoms with Crippen molar-refractivity contribution in [2.75, 3.05) is 0 Å². The molecular formula is C19H17N5OS. The SMILES string of the molecule is c1ccc(-c2noc(C3Cc4nc[nH]c4CN3Cc3cccs3)n2)cc1. The van der Waals surface area contributed by atoms with Gasteiger partial charge in [0, 0.05) is 30.0 Å². The number of nitrogens with zero attached hydrogens (tertiary/aromatic N) is 4. The Morgan fingerprint density at radius 2 is 2.12 bits per heavy atom. The summed E-state index contributed by atoms with van der Waals surface area (Å²) >= 11 is 1.77. The Labute approximate surface area is 154 Å². The molecule has 26 heavy (non-hydrogen) atoms. The lowest BCUT2D eigenvalue weighted by molar-refractivity contribution is 0.129. The zero-order valence-electron chi connectivity index (χ0n) is 14.0. The molecule has 1 aliphatic rings. The number of hydrogen-bond acceptors (Lipinski definition) is 6. The molecule has 1 aromatic carbocycles. The average molecular weight is 363 g/mol. The summed E-state index contributed by atoms with van der Waals surface area (Å²) in [6, 6.07) is 14.2. The molecular weight excluding hydrogens is 346 g/mol. The molecule has 3 aromatic heterocycles. The molecule has 6 nitrogen and oxygen atoms in total. The van der Waals surface area contributed by atoms with Crippen LogP contribution >= 0.6 is 11.3 Å². The van der Waals surface area contributed by atoms with Gasteiger partial charge in [0.15, 0.2) is 0 Å². The third-order valence-electron chi connectivity index (χ3n) is 4.69. The highest BCUT2D eigenvalue weighted by Crippen LogP contribution is 2.33. The molecule has 1 unspecified atom stereocenters. The van der Waals surface area contributed by atoms with Crippen molar-refractivity contribution >= 4 is 11.3 Å². The Bertz CT molecular complexity index is 992. The number of fused-ring (bicyclic) bond motifs is 1. The van der Waals surface area contributed by atoms with E-state index in [-0.39, 0.29) is 6.04 Å². The first-order chi connectivity index (χ1) is 12.9. The molecule has 1 aliphatic heterocycles. The first-order valence-electron chi connectivity index (χ1n) is 8.53. The van der Waals surface area contributed by atoms with E-state index in [0.717, 1.165) is 30.8 Å². The number of hydrogen-bond donors (Lipinski definition) is 1. The van der Waals surface area contributed by atoms with Crippen molar-refractivity contribution in [3.05, 3.63) is 76.3 Å². The second kappa shape index (κ2) is 6.51. The van der Waals surface area contributed by atoms with Crippen molar-refractivity contribution in [3.63, 3.8) is 0 Å². The van der Waals surface area contributed by atoms with Crippen LogP contribution < -0.4 is 0 Å². The van der Waals surface area contributed by atoms with Crippen molar-refractivity contribution in [3.8, 4) is 11.4 Å². The Kier molecular flexibility index (Phi) is 3.88. The monoisotopic (exact) mass is 363 g/mol. The van der Waals surface area contributed by atoms with E-state index in [1.165, 1.54) is 10.6 Å². The maximum absolute atomic E-state index is 5.66. The van der Waals surface area contributed by atoms with Crippen molar-refractivity contribution in [1.29, 1.82) is 0 Å². The second-order valence-electron chi connectivity index (χ2n) is 6.35. The lowest BCUT2D eigenvalue weighted by Crippen LogP contribution is -2.34. The second-order valence-corrected chi connectivity index (χ2v) is 7.39. The van der Waals surface area contributed by atoms with Crippen LogP contribution in [-0.2, 0) is 19.5 Å². The van der Waals surface area contributed by atoms with Crippen LogP contribution in [0.3, 0.4) is 0 Å². The fraction of sp³-hybridized carbons (Fsp3) is 0.211. The van der Waals surface area contributed by atoms with E-state index >= 15 is 0 Å². The van der Waals surface area contributed by atoms with Gasteiger partial charge in [0.05, 0.1) is 23.8 Å². The molecule has 0 spiro atoms. The molecule has 0 bridgehead atoms. The minimum atomic E-state index is 0.0258. The fourth-order valence-corrected chi connectivity index (χ4v) is 4.10. The smallest absolute Gasteiger partial charge is 0.244 e. The summed E-state index contributed by atoms with van der Waals surface area (Å²) in [6.45, 7) is 1.64. The molecule has 1 atom stereocenters. The quantitative estimate of drug-likeness (QED) is 0.597. The Morgan fingerprint density at radius 3 is 2.96 bits per heavy atom. The Morgan fingerprint density at radius 1 is 1.19 bits per heavy atom. The first-order valence-corrected chi connectivity index (χ1v) is 9.41. The lowest BCUT2D eigenvalue weighted by Gasteiger charge is -2.32. The fourth-order valence-electron chi connectivity index (χ4n) is 3.37. The van der Waals surface area contributed by atoms with Crippen molar-refractivity contribution < 1.29 is 4.52 Å². The normalized spacial score (nSPS) is 17.3. The number of thiophene rings is 1. The third-order valence-corrected chi connectivity index (χ3v) is 5.56. The molecule has 130 valence electrons. The predicted molar refractivity (Wildman–Crippen MR) is 98.3 cm³/mol. The number of rotatable bonds is 4. The summed E-state index contributed by atoms with van der Waals surface area (Å²) in [5, 5.41) is 6.31. The predicted octanol–water partition coefficient (Wildman–Crippen LogP) is 3.82. The lowest BCUT2D eigenvalue weighted by atomic mass is 10.0. The zero-order valence-corrected chi connectivity index (χ0v) is 14.8. The molecule has 0 aliphatic carbocycles. The van der Waals surface area contributed by atoms with Crippen LogP contribution in [0.2, 0.25) is 0 Å². The number of H-pyrrole nitrogens is 1. The summed E-state index contributed by atoms with van der Waals surface area (Å²) in [6.07, 6.45) is 2.53. The highest BCUT2D eigenvalue weighted by molar-refractivity contribution is 7.09. The van der Waals surface area contributed by atoms with Crippen molar-refractivity contribution in [2.45, 2.75) is 25.6 Å². The van der Waals surface area contributed by atoms with E-state index in [9.17, 15) is 0 Å². The summed E-state index contributed by atoms with van der Waals surface area (Å²) in [7, 11) is 0. The van der Waals surface area contributed by atoms with Gasteiger partial charge in [0.25, 0.3) is 0 Å². The molecule has 0 fully saturated rings. The number of nitrogens with one attached hydrogen (secondary N) is 1. The van der Waals surface area contributed by atoms with E-state index in [1.54, 1.807) is 17.7 Å². The molecule has 7 heteroatoms. The van der Waals surface area contributed by atoms with Crippen LogP contribution in [0, 0.1) is 0 Å². The van der Waals surface area contributed by atoms with Gasteiger partial charge >= 0.3 is 0 Å². The number of aromatic amines is 1. The topological polar surface area (TPSA) is 70.8 Å². The van der Waals surface area contributed by atoms with Gasteiger partial charge in [-0.15, -0.1) is 11.3 Å². The molecule has 5 rings (SSSR count). The minimum Gasteiger partial charge on any atom is -0.347 e. The van der Waals surface area contributed by atoms with Gasteiger partial charge in [-0.1, -0.05) is 41.6 Å². The molecule has 0 radical (unpaired) electrons. The van der Waals surface area contributed by atoms with Crippen LogP contribution in [0.25, 0.3) is 11.4 Å². The Hall–Kier alpha value is -2.77. The molecule has 4 heterocycles. The number of benzene rings is 1. The first kappa shape index (κ1) is 15.5. The van der Waals surface area contributed by atoms with E-state index in [0.29, 0.717) is 11.7 Å². The number of aromatic nitrogens is 4. The summed E-state index contributed by atoms with van der Waals surface area (Å²) in [5.74, 6) is 1.28. The summed E-state index contributed by atoms with van der Waals surface area (Å²) < 4.78 is 5.66. The Balaban J connectivity index is 1.48. The van der Waals surface area contributed by atoms with Crippen molar-refractivity contribution in [1.82, 2.24) is 25.0 Å². The number of imidazole rings is 1. The van der Waals surface area contributed by atoms with E-state index in [4.69, 9.17) is 4.52 Å². The average Bonchev–Trinajstić information content (AvgIpc) is 3.43. The highest BCUT2D eigenvalue weighted by atomic mass is 32.1. The molecule has 4 aromatic rings. The van der Waals surface area contributed by atoms with Crippen LogP contribution in [0.5, 0.6) is 0 Å². The van der Waals surface area contributed by atoms with Gasteiger partial charge in [0.2, 0.25) is 11.7 Å². The molecule has 0 saturated heterocycles. The standard InChI is InChI=1S/C19H17N5OS/c1-2-5-13(6-3-1)18-22-19(25-23-18)17-9-15-16(21-12-20-15)11-24(17)10-14-7-4-8-26-14/h1-8,12,17H,9-11H2,(H,20,21). The van der Waals surface area contributed by atoms with Crippen LogP contribution in [-0.4, -0.2) is 25.0 Å². The van der Waals surface area contributed by atoms with Crippen molar-refractivity contribution in [2.24, 2.45) is 0 Å². The minimum absolute atomic E-state index is 0.0258. The third kappa shape index (κ3) is 2.85. The van der Waals surface area contributed by atoms with E-state index < -0.39 is 0 Å². The van der Waals surface area contributed by atoms with Crippen LogP contribution in [0.15, 0.2) is 58.7 Å². The maximum Gasteiger partial charge on any atom is 0.244 e. The zero-order chi connectivity index (χ0) is 17.3. The van der Waals surface area contributed by atoms with Gasteiger partial charge in [-0.2, -0.15) is 4.98 Å². The van der Waals surface area contributed by atoms with E-state index in [2.05, 4.69) is 42.5 Å². The summed E-state index contributed by atoms with van der Waals surface area (Å²) in [5.41, 5.74) is 3.21. The maximum atomic E-state index is 5.66. The molecule has 1 N–H and O–H groups in total. The molecule has 0 saturated carbocycles. The van der Waals surface area contributed by atoms with Crippen LogP contribution in [0.4, 0.5) is 0 Å². The summed E-state index contributed by atoms with van der Waals surface area (Å²) in [4.78, 5) is 16.1. The van der Waals surface area contributed by atoms with Gasteiger partial charge in [-0.05, 0) is 11.4 Å². The van der Waals surface area contributed by atoms with E-state index in [1.807, 2.05) is 30.3 Å². The van der Waals surface area contributed by atoms with Gasteiger partial charge in [-0.3, -0.25) is 4.90 Å². The van der Waals surface area contributed by atoms with Gasteiger partial charge in [-0.25, -0.2) is 4.98 Å². The largest absolute Gasteiger partial charge is 0.347 e. The highest BCUT2D eigenvalue weighted by Gasteiger charge is 2.33. The van der Waals surface area contributed by atoms with Gasteiger partial charge < -0.3 is 9.51 Å². The molecule has 0 amide bonds. The van der Waals surface area contributed by atoms with Crippen LogP contribution in [0.1, 0.15) is 28.2 Å². The van der Waals surface area contributed by atoms with Gasteiger partial charge in [0.1, 0.15) is 0 Å².